The molecule has 0 aliphatic heterocycles. The van der Waals surface area contributed by atoms with Crippen LogP contribution in [0.15, 0.2) is 29.2 Å². The minimum Gasteiger partial charge on any atom is -0.319 e. The zero-order chi connectivity index (χ0) is 8.10. The summed E-state index contributed by atoms with van der Waals surface area (Å²) >= 11 is 4.21. The van der Waals surface area contributed by atoms with Crippen molar-refractivity contribution in [3.63, 3.8) is 0 Å². The summed E-state index contributed by atoms with van der Waals surface area (Å²) < 4.78 is 0. The summed E-state index contributed by atoms with van der Waals surface area (Å²) in [5, 5.41) is 3.11. The molecule has 0 bridgehead atoms. The van der Waals surface area contributed by atoms with Gasteiger partial charge in [0.15, 0.2) is 0 Å². The maximum Gasteiger partial charge on any atom is 0.00401 e. The third-order valence-electron chi connectivity index (χ3n) is 1.60. The van der Waals surface area contributed by atoms with E-state index in [2.05, 4.69) is 30.1 Å². The highest BCUT2D eigenvalue weighted by atomic mass is 32.1. The Morgan fingerprint density at radius 2 is 1.91 bits per heavy atom. The largest absolute Gasteiger partial charge is 0.319 e. The predicted octanol–water partition coefficient (Wildman–Crippen LogP) is 1.74. The van der Waals surface area contributed by atoms with E-state index in [4.69, 9.17) is 0 Å². The molecule has 0 aliphatic carbocycles. The van der Waals surface area contributed by atoms with Crippen LogP contribution >= 0.6 is 12.6 Å². The number of thiol groups is 1. The second-order valence-electron chi connectivity index (χ2n) is 2.52. The Morgan fingerprint density at radius 3 is 2.45 bits per heavy atom. The molecule has 0 unspecified atom stereocenters. The van der Waals surface area contributed by atoms with Gasteiger partial charge in [-0.3, -0.25) is 0 Å². The van der Waals surface area contributed by atoms with Crippen LogP contribution in [0.2, 0.25) is 0 Å². The first-order chi connectivity index (χ1) is 5.33. The molecular formula is C9H13NS. The Morgan fingerprint density at radius 1 is 1.27 bits per heavy atom. The first-order valence-electron chi connectivity index (χ1n) is 3.75. The van der Waals surface area contributed by atoms with Crippen molar-refractivity contribution in [3.05, 3.63) is 29.8 Å². The summed E-state index contributed by atoms with van der Waals surface area (Å²) in [4.78, 5) is 1.03. The van der Waals surface area contributed by atoms with Gasteiger partial charge in [-0.15, -0.1) is 12.6 Å². The molecule has 60 valence electrons. The topological polar surface area (TPSA) is 12.0 Å². The third-order valence-corrected chi connectivity index (χ3v) is 1.90. The fraction of sp³-hybridized carbons (Fsp3) is 0.333. The minimum atomic E-state index is 1.03. The van der Waals surface area contributed by atoms with Crippen molar-refractivity contribution >= 4 is 12.6 Å². The monoisotopic (exact) mass is 167 g/mol. The fourth-order valence-corrected chi connectivity index (χ4v) is 1.08. The molecule has 0 atom stereocenters. The Balaban J connectivity index is 2.52. The molecule has 1 nitrogen and oxygen atoms in total. The van der Waals surface area contributed by atoms with Gasteiger partial charge in [-0.2, -0.15) is 0 Å². The van der Waals surface area contributed by atoms with E-state index in [0.717, 1.165) is 17.9 Å². The molecule has 1 N–H and O–H groups in total. The van der Waals surface area contributed by atoms with Gasteiger partial charge in [0, 0.05) is 4.90 Å². The van der Waals surface area contributed by atoms with Crippen LogP contribution in [0.3, 0.4) is 0 Å². The average molecular weight is 167 g/mol. The van der Waals surface area contributed by atoms with Crippen LogP contribution in [-0.2, 0) is 6.42 Å². The summed E-state index contributed by atoms with van der Waals surface area (Å²) in [6, 6.07) is 8.27. The van der Waals surface area contributed by atoms with Crippen LogP contribution in [0.5, 0.6) is 0 Å². The molecule has 1 rings (SSSR count). The van der Waals surface area contributed by atoms with E-state index < -0.39 is 0 Å². The summed E-state index contributed by atoms with van der Waals surface area (Å²) in [5.74, 6) is 0. The van der Waals surface area contributed by atoms with Crippen molar-refractivity contribution in [2.45, 2.75) is 11.3 Å². The highest BCUT2D eigenvalue weighted by molar-refractivity contribution is 7.80. The Hall–Kier alpha value is -0.470. The lowest BCUT2D eigenvalue weighted by molar-refractivity contribution is 0.791. The first-order valence-corrected chi connectivity index (χ1v) is 4.20. The van der Waals surface area contributed by atoms with E-state index in [9.17, 15) is 0 Å². The molecule has 2 heteroatoms. The molecule has 0 aromatic heterocycles. The summed E-state index contributed by atoms with van der Waals surface area (Å²) in [6.45, 7) is 1.03. The van der Waals surface area contributed by atoms with Gasteiger partial charge in [0.05, 0.1) is 0 Å². The van der Waals surface area contributed by atoms with Crippen LogP contribution in [-0.4, -0.2) is 13.6 Å². The molecule has 11 heavy (non-hydrogen) atoms. The SMILES string of the molecule is CNCCc1ccc(S)cc1. The number of likely N-dealkylation sites (N-methyl/N-ethyl adjacent to an activating group) is 1. The zero-order valence-electron chi connectivity index (χ0n) is 6.67. The van der Waals surface area contributed by atoms with Gasteiger partial charge in [-0.1, -0.05) is 12.1 Å². The number of hydrogen-bond acceptors (Lipinski definition) is 2. The first kappa shape index (κ1) is 8.62. The highest BCUT2D eigenvalue weighted by Crippen LogP contribution is 2.07. The summed E-state index contributed by atoms with van der Waals surface area (Å²) in [7, 11) is 1.97. The Labute approximate surface area is 73.2 Å². The number of benzene rings is 1. The maximum atomic E-state index is 4.21. The molecule has 0 heterocycles. The van der Waals surface area contributed by atoms with Crippen molar-refractivity contribution in [3.8, 4) is 0 Å². The highest BCUT2D eigenvalue weighted by Gasteiger charge is 1.90. The number of rotatable bonds is 3. The van der Waals surface area contributed by atoms with Crippen LogP contribution in [0.25, 0.3) is 0 Å². The third kappa shape index (κ3) is 2.95. The second kappa shape index (κ2) is 4.42. The van der Waals surface area contributed by atoms with Crippen LogP contribution in [0, 0.1) is 0 Å². The fourth-order valence-electron chi connectivity index (χ4n) is 0.932. The summed E-state index contributed by atoms with van der Waals surface area (Å²) in [5.41, 5.74) is 1.36. The van der Waals surface area contributed by atoms with Gasteiger partial charge in [0.2, 0.25) is 0 Å². The van der Waals surface area contributed by atoms with Crippen molar-refractivity contribution in [1.29, 1.82) is 0 Å². The second-order valence-corrected chi connectivity index (χ2v) is 3.04. The minimum absolute atomic E-state index is 1.03. The van der Waals surface area contributed by atoms with Crippen LogP contribution < -0.4 is 5.32 Å². The molecule has 1 aromatic rings. The van der Waals surface area contributed by atoms with Crippen LogP contribution in [0.4, 0.5) is 0 Å². The quantitative estimate of drug-likeness (QED) is 0.653. The molecule has 0 saturated carbocycles. The lowest BCUT2D eigenvalue weighted by atomic mass is 10.1. The molecule has 0 aliphatic rings. The number of hydrogen-bond donors (Lipinski definition) is 2. The van der Waals surface area contributed by atoms with E-state index in [0.29, 0.717) is 0 Å². The van der Waals surface area contributed by atoms with Gasteiger partial charge in [-0.05, 0) is 37.7 Å². The lowest BCUT2D eigenvalue weighted by Gasteiger charge is -1.99. The van der Waals surface area contributed by atoms with E-state index >= 15 is 0 Å². The van der Waals surface area contributed by atoms with Crippen molar-refractivity contribution < 1.29 is 0 Å². The van der Waals surface area contributed by atoms with E-state index in [1.807, 2.05) is 19.2 Å². The van der Waals surface area contributed by atoms with Crippen molar-refractivity contribution in [1.82, 2.24) is 5.32 Å². The predicted molar refractivity (Wildman–Crippen MR) is 51.3 cm³/mol. The van der Waals surface area contributed by atoms with Gasteiger partial charge in [0.1, 0.15) is 0 Å². The zero-order valence-corrected chi connectivity index (χ0v) is 7.57. The van der Waals surface area contributed by atoms with Crippen molar-refractivity contribution in [2.24, 2.45) is 0 Å². The van der Waals surface area contributed by atoms with Gasteiger partial charge in [-0.25, -0.2) is 0 Å². The molecule has 0 spiro atoms. The Kier molecular flexibility index (Phi) is 3.46. The smallest absolute Gasteiger partial charge is 0.00401 e. The summed E-state index contributed by atoms with van der Waals surface area (Å²) in [6.07, 6.45) is 1.09. The molecule has 1 aromatic carbocycles. The molecule has 0 fully saturated rings. The number of nitrogens with one attached hydrogen (secondary N) is 1. The maximum absolute atomic E-state index is 4.21. The molecular weight excluding hydrogens is 154 g/mol. The van der Waals surface area contributed by atoms with Crippen LogP contribution in [0.1, 0.15) is 5.56 Å². The van der Waals surface area contributed by atoms with E-state index in [-0.39, 0.29) is 0 Å². The molecule has 0 saturated heterocycles. The average Bonchev–Trinajstić information content (AvgIpc) is 2.04. The molecule has 0 radical (unpaired) electrons. The van der Waals surface area contributed by atoms with E-state index in [1.54, 1.807) is 0 Å². The van der Waals surface area contributed by atoms with Gasteiger partial charge >= 0.3 is 0 Å². The molecule has 0 amide bonds. The van der Waals surface area contributed by atoms with E-state index in [1.165, 1.54) is 5.56 Å². The van der Waals surface area contributed by atoms with Gasteiger partial charge < -0.3 is 5.32 Å². The Bertz CT molecular complexity index is 205. The lowest BCUT2D eigenvalue weighted by Crippen LogP contribution is -2.09. The van der Waals surface area contributed by atoms with Crippen molar-refractivity contribution in [2.75, 3.05) is 13.6 Å². The normalized spacial score (nSPS) is 10.0. The van der Waals surface area contributed by atoms with Gasteiger partial charge in [0.25, 0.3) is 0 Å². The standard InChI is InChI=1S/C9H13NS/c1-10-7-6-8-2-4-9(11)5-3-8/h2-5,10-11H,6-7H2,1H3.